The molecule has 17 heavy (non-hydrogen) atoms. The third kappa shape index (κ3) is 2.38. The molecule has 0 aliphatic heterocycles. The zero-order chi connectivity index (χ0) is 12.6. The lowest BCUT2D eigenvalue weighted by Gasteiger charge is -2.25. The molecule has 3 unspecified atom stereocenters. The van der Waals surface area contributed by atoms with Crippen LogP contribution in [0.4, 0.5) is 0 Å². The van der Waals surface area contributed by atoms with Crippen LogP contribution in [-0.4, -0.2) is 5.78 Å². The number of carbonyl (C=O) groups excluding carboxylic acids is 1. The Morgan fingerprint density at radius 2 is 1.88 bits per heavy atom. The van der Waals surface area contributed by atoms with Crippen molar-refractivity contribution >= 4 is 5.78 Å². The highest BCUT2D eigenvalue weighted by Crippen LogP contribution is 2.42. The maximum absolute atomic E-state index is 12.1. The predicted molar refractivity (Wildman–Crippen MR) is 71.8 cm³/mol. The summed E-state index contributed by atoms with van der Waals surface area (Å²) in [7, 11) is 0. The molecule has 0 amide bonds. The average molecular weight is 232 g/mol. The summed E-state index contributed by atoms with van der Waals surface area (Å²) in [6.07, 6.45) is 5.48. The monoisotopic (exact) mass is 232 g/mol. The van der Waals surface area contributed by atoms with Gasteiger partial charge in [-0.1, -0.05) is 38.0 Å². The predicted octanol–water partition coefficient (Wildman–Crippen LogP) is 4.29. The zero-order valence-corrected chi connectivity index (χ0v) is 11.4. The van der Waals surface area contributed by atoms with E-state index in [4.69, 9.17) is 0 Å². The van der Waals surface area contributed by atoms with E-state index in [0.717, 1.165) is 12.8 Å². The van der Waals surface area contributed by atoms with Crippen LogP contribution in [0.5, 0.6) is 0 Å². The molecule has 0 saturated heterocycles. The fourth-order valence-electron chi connectivity index (χ4n) is 3.46. The van der Waals surface area contributed by atoms with Crippen LogP contribution in [0.3, 0.4) is 0 Å². The number of Topliss-reactive ketones (excluding diaryl/α,β-unsaturated/α-hetero) is 1. The van der Waals surface area contributed by atoms with Crippen molar-refractivity contribution in [2.75, 3.05) is 0 Å². The molecule has 2 rings (SSSR count). The Labute approximate surface area is 105 Å². The number of hydrogen-bond acceptors (Lipinski definition) is 1. The van der Waals surface area contributed by atoms with Gasteiger partial charge in [0.1, 0.15) is 0 Å². The summed E-state index contributed by atoms with van der Waals surface area (Å²) in [5.74, 6) is 1.97. The highest BCUT2D eigenvalue weighted by molar-refractivity contribution is 5.99. The molecule has 0 heterocycles. The van der Waals surface area contributed by atoms with Crippen LogP contribution in [0, 0.1) is 17.8 Å². The summed E-state index contributed by atoms with van der Waals surface area (Å²) >= 11 is 0. The Morgan fingerprint density at radius 3 is 2.53 bits per heavy atom. The Kier molecular flexibility index (Phi) is 3.56. The van der Waals surface area contributed by atoms with Crippen LogP contribution in [0.2, 0.25) is 0 Å². The average Bonchev–Trinajstić information content (AvgIpc) is 2.48. The molecule has 3 atom stereocenters. The Balaban J connectivity index is 2.34. The molecular formula is C16H24O. The lowest BCUT2D eigenvalue weighted by molar-refractivity contribution is -0.115. The van der Waals surface area contributed by atoms with Crippen molar-refractivity contribution in [1.29, 1.82) is 0 Å². The first-order valence-corrected chi connectivity index (χ1v) is 6.92. The van der Waals surface area contributed by atoms with Crippen LogP contribution >= 0.6 is 0 Å². The van der Waals surface area contributed by atoms with Gasteiger partial charge in [0.15, 0.2) is 5.78 Å². The highest BCUT2D eigenvalue weighted by Gasteiger charge is 2.34. The first kappa shape index (κ1) is 12.6. The minimum atomic E-state index is 0.419. The van der Waals surface area contributed by atoms with Crippen LogP contribution < -0.4 is 0 Å². The number of hydrogen-bond donors (Lipinski definition) is 0. The molecule has 0 N–H and O–H groups in total. The van der Waals surface area contributed by atoms with Gasteiger partial charge in [0.2, 0.25) is 0 Å². The van der Waals surface area contributed by atoms with Gasteiger partial charge in [0.25, 0.3) is 0 Å². The quantitative estimate of drug-likeness (QED) is 0.616. The van der Waals surface area contributed by atoms with Crippen LogP contribution in [0.15, 0.2) is 23.3 Å². The molecule has 0 fully saturated rings. The van der Waals surface area contributed by atoms with E-state index in [2.05, 4.69) is 27.4 Å². The first-order valence-electron chi connectivity index (χ1n) is 6.92. The smallest absolute Gasteiger partial charge is 0.159 e. The van der Waals surface area contributed by atoms with Gasteiger partial charge in [0, 0.05) is 6.42 Å². The molecule has 94 valence electrons. The second kappa shape index (κ2) is 4.80. The van der Waals surface area contributed by atoms with Gasteiger partial charge in [-0.3, -0.25) is 4.79 Å². The van der Waals surface area contributed by atoms with Crippen molar-refractivity contribution in [3.63, 3.8) is 0 Å². The molecular weight excluding hydrogens is 208 g/mol. The van der Waals surface area contributed by atoms with Gasteiger partial charge in [-0.25, -0.2) is 0 Å². The molecule has 2 aliphatic carbocycles. The van der Waals surface area contributed by atoms with Gasteiger partial charge >= 0.3 is 0 Å². The fraction of sp³-hybridized carbons (Fsp3) is 0.688. The normalized spacial score (nSPS) is 34.3. The molecule has 0 aromatic carbocycles. The Morgan fingerprint density at radius 1 is 1.18 bits per heavy atom. The topological polar surface area (TPSA) is 17.1 Å². The minimum Gasteiger partial charge on any atom is -0.295 e. The van der Waals surface area contributed by atoms with Gasteiger partial charge in [-0.05, 0) is 49.5 Å². The fourth-order valence-corrected chi connectivity index (χ4v) is 3.46. The van der Waals surface area contributed by atoms with Crippen molar-refractivity contribution in [2.45, 2.75) is 52.9 Å². The number of ketones is 1. The second-order valence-electron chi connectivity index (χ2n) is 6.05. The maximum atomic E-state index is 12.1. The number of allylic oxidation sites excluding steroid dienone is 3. The SMILES string of the molecule is C=C(C)C1CCCC(C)C2=C(C1)C(C)CC2=O. The summed E-state index contributed by atoms with van der Waals surface area (Å²) in [5.41, 5.74) is 3.93. The molecule has 0 aromatic heterocycles. The second-order valence-corrected chi connectivity index (χ2v) is 6.05. The van der Waals surface area contributed by atoms with E-state index < -0.39 is 0 Å². The van der Waals surface area contributed by atoms with Crippen LogP contribution in [0.25, 0.3) is 0 Å². The third-order valence-corrected chi connectivity index (χ3v) is 4.58. The zero-order valence-electron chi connectivity index (χ0n) is 11.4. The van der Waals surface area contributed by atoms with Crippen molar-refractivity contribution in [2.24, 2.45) is 17.8 Å². The molecule has 1 nitrogen and oxygen atoms in total. The van der Waals surface area contributed by atoms with E-state index in [1.807, 2.05) is 0 Å². The summed E-state index contributed by atoms with van der Waals surface area (Å²) < 4.78 is 0. The van der Waals surface area contributed by atoms with E-state index in [0.29, 0.717) is 23.5 Å². The van der Waals surface area contributed by atoms with E-state index in [1.54, 1.807) is 0 Å². The summed E-state index contributed by atoms with van der Waals surface area (Å²) in [6, 6.07) is 0. The Bertz CT molecular complexity index is 375. The highest BCUT2D eigenvalue weighted by atomic mass is 16.1. The third-order valence-electron chi connectivity index (χ3n) is 4.58. The van der Waals surface area contributed by atoms with Gasteiger partial charge in [0.05, 0.1) is 0 Å². The van der Waals surface area contributed by atoms with Gasteiger partial charge < -0.3 is 0 Å². The van der Waals surface area contributed by atoms with Crippen molar-refractivity contribution in [3.8, 4) is 0 Å². The van der Waals surface area contributed by atoms with E-state index in [9.17, 15) is 4.79 Å². The molecule has 0 spiro atoms. The molecule has 0 radical (unpaired) electrons. The van der Waals surface area contributed by atoms with E-state index >= 15 is 0 Å². The molecule has 0 bridgehead atoms. The molecule has 1 heteroatoms. The minimum absolute atomic E-state index is 0.419. The summed E-state index contributed by atoms with van der Waals surface area (Å²) in [5, 5.41) is 0. The van der Waals surface area contributed by atoms with Crippen molar-refractivity contribution in [3.05, 3.63) is 23.3 Å². The van der Waals surface area contributed by atoms with Crippen molar-refractivity contribution < 1.29 is 4.79 Å². The standard InChI is InChI=1S/C16H24O/c1-10(2)13-7-5-6-11(3)16-14(9-13)12(4)8-15(16)17/h11-13H,1,5-9H2,2-4H3. The lowest BCUT2D eigenvalue weighted by atomic mass is 9.79. The first-order chi connectivity index (χ1) is 8.00. The summed E-state index contributed by atoms with van der Waals surface area (Å²) in [4.78, 5) is 12.1. The largest absolute Gasteiger partial charge is 0.295 e. The maximum Gasteiger partial charge on any atom is 0.159 e. The van der Waals surface area contributed by atoms with Crippen LogP contribution in [-0.2, 0) is 4.79 Å². The number of carbonyl (C=O) groups is 1. The van der Waals surface area contributed by atoms with Gasteiger partial charge in [-0.15, -0.1) is 0 Å². The molecule has 0 saturated carbocycles. The molecule has 0 aromatic rings. The number of rotatable bonds is 1. The van der Waals surface area contributed by atoms with Crippen molar-refractivity contribution in [1.82, 2.24) is 0 Å². The lowest BCUT2D eigenvalue weighted by Crippen LogP contribution is -2.14. The summed E-state index contributed by atoms with van der Waals surface area (Å²) in [6.45, 7) is 10.7. The van der Waals surface area contributed by atoms with E-state index in [-0.39, 0.29) is 0 Å². The van der Waals surface area contributed by atoms with Gasteiger partial charge in [-0.2, -0.15) is 0 Å². The molecule has 2 aliphatic rings. The van der Waals surface area contributed by atoms with Crippen LogP contribution in [0.1, 0.15) is 52.9 Å². The van der Waals surface area contributed by atoms with E-state index in [1.165, 1.54) is 36.0 Å². The Hall–Kier alpha value is -0.850.